The normalized spacial score (nSPS) is 14.2. The van der Waals surface area contributed by atoms with Gasteiger partial charge in [-0.2, -0.15) is 0 Å². The molecule has 2 nitrogen and oxygen atoms in total. The zero-order valence-electron chi connectivity index (χ0n) is 18.6. The number of carbonyl (C=O) groups is 1. The van der Waals surface area contributed by atoms with Crippen molar-refractivity contribution in [1.82, 2.24) is 0 Å². The molecule has 3 aromatic carbocycles. The second-order valence-corrected chi connectivity index (χ2v) is 11.2. The Kier molecular flexibility index (Phi) is 5.03. The molecule has 1 radical (unpaired) electrons. The van der Waals surface area contributed by atoms with Gasteiger partial charge in [0.1, 0.15) is 0 Å². The smallest absolute Gasteiger partial charge is 0.190 e. The fourth-order valence-corrected chi connectivity index (χ4v) is 4.76. The number of rotatable bonds is 1. The van der Waals surface area contributed by atoms with Crippen LogP contribution in [0.1, 0.15) is 63.0 Å². The molecule has 0 aliphatic heterocycles. The molecule has 0 atom stereocenters. The molecular formula is C27H25Cl2O2. The number of hydrogen-bond donors (Lipinski definition) is 0. The lowest BCUT2D eigenvalue weighted by atomic mass is 9.74. The first-order valence-electron chi connectivity index (χ1n) is 10.3. The molecule has 0 amide bonds. The minimum Gasteiger partial charge on any atom is -0.289 e. The molecule has 31 heavy (non-hydrogen) atoms. The second-order valence-electron chi connectivity index (χ2n) is 10.3. The molecule has 0 fully saturated rings. The Balaban J connectivity index is 2.14. The molecule has 0 saturated carbocycles. The fraction of sp³-hybridized carbons (Fsp3) is 0.296. The number of ketones is 1. The van der Waals surface area contributed by atoms with Crippen LogP contribution in [-0.2, 0) is 10.5 Å². The third-order valence-corrected chi connectivity index (χ3v) is 6.25. The molecule has 0 heterocycles. The van der Waals surface area contributed by atoms with Crippen LogP contribution in [-0.4, -0.2) is 5.78 Å². The minimum atomic E-state index is -0.325. The van der Waals surface area contributed by atoms with Gasteiger partial charge in [0.05, 0.1) is 0 Å². The number of hydrogen-bond acceptors (Lipinski definition) is 1. The topological polar surface area (TPSA) is 37.0 Å². The molecule has 4 heteroatoms. The van der Waals surface area contributed by atoms with Crippen LogP contribution >= 0.6 is 23.2 Å². The van der Waals surface area contributed by atoms with Crippen molar-refractivity contribution < 1.29 is 9.90 Å². The summed E-state index contributed by atoms with van der Waals surface area (Å²) in [5.74, 6) is -0.0780. The summed E-state index contributed by atoms with van der Waals surface area (Å²) < 4.78 is 0. The van der Waals surface area contributed by atoms with E-state index in [1.807, 2.05) is 65.8 Å². The number of benzene rings is 3. The lowest BCUT2D eigenvalue weighted by molar-refractivity contribution is 0.101. The average molecular weight is 452 g/mol. The van der Waals surface area contributed by atoms with Crippen LogP contribution in [0.3, 0.4) is 0 Å². The highest BCUT2D eigenvalue weighted by Crippen LogP contribution is 2.46. The van der Waals surface area contributed by atoms with Gasteiger partial charge in [-0.1, -0.05) is 64.7 Å². The highest BCUT2D eigenvalue weighted by molar-refractivity contribution is 6.35. The van der Waals surface area contributed by atoms with Crippen LogP contribution < -0.4 is 0 Å². The summed E-state index contributed by atoms with van der Waals surface area (Å²) in [5.41, 5.74) is 3.84. The van der Waals surface area contributed by atoms with Crippen LogP contribution in [0.25, 0.3) is 28.0 Å². The quantitative estimate of drug-likeness (QED) is 0.363. The minimum absolute atomic E-state index is 0.0390. The van der Waals surface area contributed by atoms with Gasteiger partial charge in [-0.05, 0) is 70.0 Å². The van der Waals surface area contributed by atoms with Crippen molar-refractivity contribution in [3.05, 3.63) is 68.7 Å². The average Bonchev–Trinajstić information content (AvgIpc) is 2.63. The third-order valence-electron chi connectivity index (χ3n) is 5.82. The lowest BCUT2D eigenvalue weighted by Crippen LogP contribution is -2.21. The van der Waals surface area contributed by atoms with Crippen LogP contribution in [0.2, 0.25) is 10.0 Å². The van der Waals surface area contributed by atoms with Crippen molar-refractivity contribution in [2.45, 2.75) is 47.0 Å². The maximum atomic E-state index is 13.5. The molecule has 0 bridgehead atoms. The molecular weight excluding hydrogens is 427 g/mol. The van der Waals surface area contributed by atoms with Crippen LogP contribution in [0.5, 0.6) is 5.75 Å². The van der Waals surface area contributed by atoms with Crippen molar-refractivity contribution in [1.29, 1.82) is 0 Å². The summed E-state index contributed by atoms with van der Waals surface area (Å²) in [7, 11) is 0. The van der Waals surface area contributed by atoms with Crippen molar-refractivity contribution in [3.8, 4) is 16.9 Å². The highest BCUT2D eigenvalue weighted by Gasteiger charge is 2.33. The van der Waals surface area contributed by atoms with E-state index in [9.17, 15) is 9.90 Å². The predicted molar refractivity (Wildman–Crippen MR) is 130 cm³/mol. The van der Waals surface area contributed by atoms with E-state index in [0.717, 1.165) is 33.2 Å². The maximum absolute atomic E-state index is 13.5. The fourth-order valence-electron chi connectivity index (χ4n) is 4.23. The number of Topliss-reactive ketones (excluding diaryl/α,β-unsaturated/α-hetero) is 1. The second kappa shape index (κ2) is 7.12. The third kappa shape index (κ3) is 3.77. The summed E-state index contributed by atoms with van der Waals surface area (Å²) >= 11 is 12.5. The van der Waals surface area contributed by atoms with Crippen LogP contribution in [0, 0.1) is 5.41 Å². The molecule has 1 aliphatic carbocycles. The molecule has 0 unspecified atom stereocenters. The van der Waals surface area contributed by atoms with E-state index in [4.69, 9.17) is 23.2 Å². The zero-order valence-corrected chi connectivity index (χ0v) is 20.1. The lowest BCUT2D eigenvalue weighted by Gasteiger charge is -2.29. The Morgan fingerprint density at radius 3 is 1.87 bits per heavy atom. The van der Waals surface area contributed by atoms with Gasteiger partial charge in [0.15, 0.2) is 11.5 Å². The molecule has 1 aliphatic rings. The Morgan fingerprint density at radius 1 is 0.742 bits per heavy atom. The van der Waals surface area contributed by atoms with Gasteiger partial charge >= 0.3 is 0 Å². The number of allylic oxidation sites excluding steroid dienone is 1. The number of halogens is 2. The standard InChI is InChI=1S/C27H25Cl2O2/c1-26(2,3)21-11-16-12-22(27(4,5)6)25(31)20-10-15(9-19(23(16)20)24(21)30)14-7-17(28)13-18(29)8-14/h7-13H,1-6H3. The first-order valence-corrected chi connectivity index (χ1v) is 11.1. The molecule has 159 valence electrons. The Bertz CT molecular complexity index is 1270. The van der Waals surface area contributed by atoms with E-state index in [1.54, 1.807) is 18.2 Å². The first kappa shape index (κ1) is 21.9. The van der Waals surface area contributed by atoms with E-state index < -0.39 is 0 Å². The summed E-state index contributed by atoms with van der Waals surface area (Å²) in [6, 6.07) is 11.0. The summed E-state index contributed by atoms with van der Waals surface area (Å²) in [6.45, 7) is 12.2. The van der Waals surface area contributed by atoms with Crippen molar-refractivity contribution >= 4 is 45.8 Å². The van der Waals surface area contributed by atoms with E-state index in [2.05, 4.69) is 0 Å². The molecule has 0 aromatic heterocycles. The maximum Gasteiger partial charge on any atom is 0.190 e. The molecule has 4 rings (SSSR count). The summed E-state index contributed by atoms with van der Waals surface area (Å²) in [5, 5.41) is 15.8. The Hall–Kier alpha value is -2.29. The molecule has 3 aromatic rings. The SMILES string of the molecule is CC(C)(C)C1=Cc2cc(C(C)(C)C)c([O])c3cc(-c4cc(Cl)cc(Cl)c4)cc(c23)C1=O. The van der Waals surface area contributed by atoms with E-state index in [-0.39, 0.29) is 22.4 Å². The van der Waals surface area contributed by atoms with Gasteiger partial charge in [0.25, 0.3) is 0 Å². The number of carbonyl (C=O) groups excluding carboxylic acids is 1. The van der Waals surface area contributed by atoms with Gasteiger partial charge in [0, 0.05) is 37.5 Å². The first-order chi connectivity index (χ1) is 14.3. The Morgan fingerprint density at radius 2 is 1.32 bits per heavy atom. The van der Waals surface area contributed by atoms with Gasteiger partial charge < -0.3 is 0 Å². The monoisotopic (exact) mass is 451 g/mol. The van der Waals surface area contributed by atoms with Gasteiger partial charge in [-0.15, -0.1) is 0 Å². The zero-order chi connectivity index (χ0) is 22.9. The largest absolute Gasteiger partial charge is 0.289 e. The van der Waals surface area contributed by atoms with Gasteiger partial charge in [0.2, 0.25) is 0 Å². The summed E-state index contributed by atoms with van der Waals surface area (Å²) in [6.07, 6.45) is 1.96. The van der Waals surface area contributed by atoms with Crippen molar-refractivity contribution in [3.63, 3.8) is 0 Å². The van der Waals surface area contributed by atoms with Gasteiger partial charge in [-0.3, -0.25) is 9.90 Å². The highest BCUT2D eigenvalue weighted by atomic mass is 35.5. The Labute approximate surface area is 193 Å². The van der Waals surface area contributed by atoms with E-state index in [0.29, 0.717) is 21.0 Å². The van der Waals surface area contributed by atoms with Crippen molar-refractivity contribution in [2.75, 3.05) is 0 Å². The van der Waals surface area contributed by atoms with Crippen LogP contribution in [0.15, 0.2) is 42.0 Å². The van der Waals surface area contributed by atoms with Crippen molar-refractivity contribution in [2.24, 2.45) is 5.41 Å². The molecule has 0 N–H and O–H groups in total. The summed E-state index contributed by atoms with van der Waals surface area (Å²) in [4.78, 5) is 13.5. The molecule has 0 saturated heterocycles. The van der Waals surface area contributed by atoms with E-state index >= 15 is 0 Å². The molecule has 0 spiro atoms. The van der Waals surface area contributed by atoms with Gasteiger partial charge in [-0.25, -0.2) is 0 Å². The van der Waals surface area contributed by atoms with E-state index in [1.165, 1.54) is 0 Å². The van der Waals surface area contributed by atoms with Crippen LogP contribution in [0.4, 0.5) is 0 Å². The predicted octanol–water partition coefficient (Wildman–Crippen LogP) is 8.88.